The van der Waals surface area contributed by atoms with Gasteiger partial charge in [0.15, 0.2) is 0 Å². The van der Waals surface area contributed by atoms with Gasteiger partial charge in [0.1, 0.15) is 0 Å². The average molecular weight is 227 g/mol. The molecule has 0 amide bonds. The molecule has 1 aromatic heterocycles. The van der Waals surface area contributed by atoms with Gasteiger partial charge >= 0.3 is 0 Å². The van der Waals surface area contributed by atoms with Crippen molar-refractivity contribution in [2.45, 2.75) is 18.9 Å². The van der Waals surface area contributed by atoms with E-state index in [-0.39, 0.29) is 6.04 Å². The Morgan fingerprint density at radius 1 is 1.35 bits per heavy atom. The Morgan fingerprint density at radius 2 is 2.12 bits per heavy atom. The van der Waals surface area contributed by atoms with Crippen LogP contribution in [0.1, 0.15) is 24.6 Å². The maximum absolute atomic E-state index is 4.64. The van der Waals surface area contributed by atoms with E-state index < -0.39 is 0 Å². The zero-order valence-electron chi connectivity index (χ0n) is 10.1. The van der Waals surface area contributed by atoms with Crippen molar-refractivity contribution >= 4 is 11.0 Å². The Morgan fingerprint density at radius 3 is 2.82 bits per heavy atom. The highest BCUT2D eigenvalue weighted by atomic mass is 14.9. The highest BCUT2D eigenvalue weighted by Crippen LogP contribution is 2.18. The number of allylic oxidation sites excluding steroid dienone is 1. The van der Waals surface area contributed by atoms with Crippen LogP contribution in [0.25, 0.3) is 11.0 Å². The van der Waals surface area contributed by atoms with E-state index in [9.17, 15) is 0 Å². The third-order valence-electron chi connectivity index (χ3n) is 2.83. The van der Waals surface area contributed by atoms with Crippen LogP contribution in [0.2, 0.25) is 0 Å². The number of hydrogen-bond acceptors (Lipinski definition) is 3. The van der Waals surface area contributed by atoms with Crippen molar-refractivity contribution < 1.29 is 0 Å². The Labute approximate surface area is 102 Å². The number of benzene rings is 1. The van der Waals surface area contributed by atoms with Crippen molar-refractivity contribution in [1.82, 2.24) is 15.3 Å². The zero-order valence-corrected chi connectivity index (χ0v) is 10.1. The molecule has 0 aliphatic rings. The predicted molar refractivity (Wildman–Crippen MR) is 70.8 cm³/mol. The quantitative estimate of drug-likeness (QED) is 0.798. The molecule has 3 heteroatoms. The van der Waals surface area contributed by atoms with Gasteiger partial charge in [-0.2, -0.15) is 0 Å². The Hall–Kier alpha value is -1.74. The van der Waals surface area contributed by atoms with E-state index in [1.165, 1.54) is 0 Å². The molecule has 0 saturated heterocycles. The van der Waals surface area contributed by atoms with Gasteiger partial charge in [-0.25, -0.2) is 4.98 Å². The minimum absolute atomic E-state index is 0.241. The lowest BCUT2D eigenvalue weighted by molar-refractivity contribution is 0.541. The van der Waals surface area contributed by atoms with Crippen molar-refractivity contribution in [2.24, 2.45) is 0 Å². The fourth-order valence-electron chi connectivity index (χ4n) is 1.86. The van der Waals surface area contributed by atoms with Gasteiger partial charge in [0.05, 0.1) is 29.0 Å². The van der Waals surface area contributed by atoms with Gasteiger partial charge in [0, 0.05) is 0 Å². The first kappa shape index (κ1) is 11.7. The molecule has 0 bridgehead atoms. The summed E-state index contributed by atoms with van der Waals surface area (Å²) in [4.78, 5) is 9.07. The van der Waals surface area contributed by atoms with E-state index in [4.69, 9.17) is 0 Å². The molecule has 0 saturated carbocycles. The molecule has 1 aromatic carbocycles. The van der Waals surface area contributed by atoms with Crippen molar-refractivity contribution in [2.75, 3.05) is 7.05 Å². The second-order valence-electron chi connectivity index (χ2n) is 3.99. The van der Waals surface area contributed by atoms with Gasteiger partial charge in [-0.15, -0.1) is 6.58 Å². The zero-order chi connectivity index (χ0) is 12.1. The van der Waals surface area contributed by atoms with Gasteiger partial charge in [-0.3, -0.25) is 4.98 Å². The van der Waals surface area contributed by atoms with Gasteiger partial charge in [-0.1, -0.05) is 18.2 Å². The largest absolute Gasteiger partial charge is 0.312 e. The molecule has 0 radical (unpaired) electrons. The van der Waals surface area contributed by atoms with Crippen molar-refractivity contribution in [3.8, 4) is 0 Å². The second-order valence-corrected chi connectivity index (χ2v) is 3.99. The highest BCUT2D eigenvalue weighted by Gasteiger charge is 2.10. The molecular weight excluding hydrogens is 210 g/mol. The number of hydrogen-bond donors (Lipinski definition) is 1. The molecule has 2 rings (SSSR count). The van der Waals surface area contributed by atoms with Crippen LogP contribution in [0, 0.1) is 0 Å². The van der Waals surface area contributed by atoms with E-state index in [0.29, 0.717) is 0 Å². The molecule has 1 atom stereocenters. The van der Waals surface area contributed by atoms with Crippen LogP contribution in [0.3, 0.4) is 0 Å². The number of nitrogens with one attached hydrogen (secondary N) is 1. The topological polar surface area (TPSA) is 37.8 Å². The number of aromatic nitrogens is 2. The normalized spacial score (nSPS) is 12.5. The Bertz CT molecular complexity index is 508. The molecule has 0 aliphatic heterocycles. The summed E-state index contributed by atoms with van der Waals surface area (Å²) in [6, 6.07) is 8.17. The standard InChI is InChI=1S/C14H17N3/c1-3-4-7-11(15-2)14-10-16-12-8-5-6-9-13(12)17-14/h3,5-6,8-11,15H,1,4,7H2,2H3. The van der Waals surface area contributed by atoms with Crippen molar-refractivity contribution in [1.29, 1.82) is 0 Å². The third-order valence-corrected chi connectivity index (χ3v) is 2.83. The molecule has 88 valence electrons. The number of para-hydroxylation sites is 2. The van der Waals surface area contributed by atoms with E-state index in [0.717, 1.165) is 29.6 Å². The van der Waals surface area contributed by atoms with E-state index in [1.807, 2.05) is 43.6 Å². The molecule has 2 aromatic rings. The molecule has 1 N–H and O–H groups in total. The van der Waals surface area contributed by atoms with Crippen molar-refractivity contribution in [3.63, 3.8) is 0 Å². The summed E-state index contributed by atoms with van der Waals surface area (Å²) >= 11 is 0. The minimum Gasteiger partial charge on any atom is -0.312 e. The molecule has 17 heavy (non-hydrogen) atoms. The third kappa shape index (κ3) is 2.68. The lowest BCUT2D eigenvalue weighted by Gasteiger charge is -2.14. The summed E-state index contributed by atoms with van der Waals surface area (Å²) in [5.74, 6) is 0. The molecule has 0 spiro atoms. The smallest absolute Gasteiger partial charge is 0.0890 e. The Kier molecular flexibility index (Phi) is 3.83. The van der Waals surface area contributed by atoms with Gasteiger partial charge in [-0.05, 0) is 32.0 Å². The van der Waals surface area contributed by atoms with Crippen LogP contribution in [-0.2, 0) is 0 Å². The van der Waals surface area contributed by atoms with Crippen molar-refractivity contribution in [3.05, 3.63) is 48.8 Å². The maximum Gasteiger partial charge on any atom is 0.0890 e. The molecule has 0 aliphatic carbocycles. The van der Waals surface area contributed by atoms with E-state index >= 15 is 0 Å². The van der Waals surface area contributed by atoms with Crippen LogP contribution >= 0.6 is 0 Å². The summed E-state index contributed by atoms with van der Waals surface area (Å²) in [7, 11) is 1.95. The molecule has 1 unspecified atom stereocenters. The molecule has 3 nitrogen and oxygen atoms in total. The molecule has 0 fully saturated rings. The number of fused-ring (bicyclic) bond motifs is 1. The van der Waals surface area contributed by atoms with Gasteiger partial charge < -0.3 is 5.32 Å². The lowest BCUT2D eigenvalue weighted by Crippen LogP contribution is -2.17. The SMILES string of the molecule is C=CCCC(NC)c1cnc2ccccc2n1. The first-order chi connectivity index (χ1) is 8.35. The number of nitrogens with zero attached hydrogens (tertiary/aromatic N) is 2. The van der Waals surface area contributed by atoms with Crippen LogP contribution in [0.15, 0.2) is 43.1 Å². The Balaban J connectivity index is 2.30. The molecule has 1 heterocycles. The predicted octanol–water partition coefficient (Wildman–Crippen LogP) is 2.86. The monoisotopic (exact) mass is 227 g/mol. The first-order valence-corrected chi connectivity index (χ1v) is 5.85. The summed E-state index contributed by atoms with van der Waals surface area (Å²) in [6.45, 7) is 3.75. The summed E-state index contributed by atoms with van der Waals surface area (Å²) in [6.07, 6.45) is 5.75. The minimum atomic E-state index is 0.241. The first-order valence-electron chi connectivity index (χ1n) is 5.85. The fraction of sp³-hybridized carbons (Fsp3) is 0.286. The summed E-state index contributed by atoms with van der Waals surface area (Å²) < 4.78 is 0. The van der Waals surface area contributed by atoms with Gasteiger partial charge in [0.25, 0.3) is 0 Å². The lowest BCUT2D eigenvalue weighted by atomic mass is 10.1. The van der Waals surface area contributed by atoms with Crippen LogP contribution in [0.5, 0.6) is 0 Å². The van der Waals surface area contributed by atoms with E-state index in [1.54, 1.807) is 0 Å². The number of rotatable bonds is 5. The van der Waals surface area contributed by atoms with Crippen LogP contribution in [0.4, 0.5) is 0 Å². The summed E-state index contributed by atoms with van der Waals surface area (Å²) in [5.41, 5.74) is 2.88. The maximum atomic E-state index is 4.64. The molecular formula is C14H17N3. The second kappa shape index (κ2) is 5.55. The highest BCUT2D eigenvalue weighted by molar-refractivity contribution is 5.73. The van der Waals surface area contributed by atoms with E-state index in [2.05, 4.69) is 21.9 Å². The summed E-state index contributed by atoms with van der Waals surface area (Å²) in [5, 5.41) is 3.27. The average Bonchev–Trinajstić information content (AvgIpc) is 2.39. The van der Waals surface area contributed by atoms with Gasteiger partial charge in [0.2, 0.25) is 0 Å². The van der Waals surface area contributed by atoms with Crippen LogP contribution in [-0.4, -0.2) is 17.0 Å². The fourth-order valence-corrected chi connectivity index (χ4v) is 1.86. The van der Waals surface area contributed by atoms with Crippen LogP contribution < -0.4 is 5.32 Å².